The molecule has 96 valence electrons. The van der Waals surface area contributed by atoms with Gasteiger partial charge in [-0.3, -0.25) is 0 Å². The summed E-state index contributed by atoms with van der Waals surface area (Å²) in [7, 11) is 1.68. The SMILES string of the molecule is COc1ccc2nc(C3CCCCC3N)[nH]c2c1. The van der Waals surface area contributed by atoms with Gasteiger partial charge in [-0.2, -0.15) is 0 Å². The van der Waals surface area contributed by atoms with E-state index in [4.69, 9.17) is 10.5 Å². The average Bonchev–Trinajstić information content (AvgIpc) is 2.81. The number of aromatic amines is 1. The van der Waals surface area contributed by atoms with Crippen LogP contribution in [0.3, 0.4) is 0 Å². The molecule has 1 aromatic carbocycles. The molecule has 2 aromatic rings. The first-order valence-electron chi connectivity index (χ1n) is 6.57. The van der Waals surface area contributed by atoms with Crippen LogP contribution in [-0.4, -0.2) is 23.1 Å². The fraction of sp³-hybridized carbons (Fsp3) is 0.500. The maximum Gasteiger partial charge on any atom is 0.121 e. The minimum absolute atomic E-state index is 0.237. The smallest absolute Gasteiger partial charge is 0.121 e. The highest BCUT2D eigenvalue weighted by molar-refractivity contribution is 5.76. The van der Waals surface area contributed by atoms with Gasteiger partial charge in [0.1, 0.15) is 11.6 Å². The Kier molecular flexibility index (Phi) is 2.96. The van der Waals surface area contributed by atoms with Gasteiger partial charge in [0.25, 0.3) is 0 Å². The van der Waals surface area contributed by atoms with Crippen LogP contribution in [0.2, 0.25) is 0 Å². The van der Waals surface area contributed by atoms with Crippen molar-refractivity contribution >= 4 is 11.0 Å². The maximum atomic E-state index is 6.20. The second-order valence-electron chi connectivity index (χ2n) is 5.06. The third kappa shape index (κ3) is 1.97. The normalized spacial score (nSPS) is 24.3. The van der Waals surface area contributed by atoms with E-state index >= 15 is 0 Å². The predicted molar refractivity (Wildman–Crippen MR) is 71.8 cm³/mol. The summed E-state index contributed by atoms with van der Waals surface area (Å²) in [6.07, 6.45) is 4.73. The Balaban J connectivity index is 1.97. The molecule has 0 aliphatic heterocycles. The van der Waals surface area contributed by atoms with Crippen LogP contribution in [0.4, 0.5) is 0 Å². The minimum Gasteiger partial charge on any atom is -0.497 e. The quantitative estimate of drug-likeness (QED) is 0.854. The number of nitrogens with one attached hydrogen (secondary N) is 1. The molecule has 0 spiro atoms. The van der Waals surface area contributed by atoms with Crippen LogP contribution in [0, 0.1) is 0 Å². The highest BCUT2D eigenvalue weighted by Crippen LogP contribution is 2.31. The summed E-state index contributed by atoms with van der Waals surface area (Å²) in [5, 5.41) is 0. The van der Waals surface area contributed by atoms with Gasteiger partial charge in [0, 0.05) is 18.0 Å². The van der Waals surface area contributed by atoms with Crippen LogP contribution in [-0.2, 0) is 0 Å². The summed E-state index contributed by atoms with van der Waals surface area (Å²) in [6, 6.07) is 6.15. The Labute approximate surface area is 107 Å². The number of benzene rings is 1. The van der Waals surface area contributed by atoms with Crippen molar-refractivity contribution in [3.8, 4) is 5.75 Å². The molecule has 1 saturated carbocycles. The molecule has 4 heteroatoms. The zero-order valence-corrected chi connectivity index (χ0v) is 10.6. The third-order valence-corrected chi connectivity index (χ3v) is 3.88. The van der Waals surface area contributed by atoms with Gasteiger partial charge >= 0.3 is 0 Å². The van der Waals surface area contributed by atoms with E-state index in [9.17, 15) is 0 Å². The van der Waals surface area contributed by atoms with Gasteiger partial charge in [-0.25, -0.2) is 4.98 Å². The molecule has 1 aliphatic rings. The van der Waals surface area contributed by atoms with E-state index in [1.165, 1.54) is 12.8 Å². The van der Waals surface area contributed by atoms with Gasteiger partial charge in [-0.15, -0.1) is 0 Å². The van der Waals surface area contributed by atoms with E-state index in [2.05, 4.69) is 9.97 Å². The van der Waals surface area contributed by atoms with E-state index in [1.807, 2.05) is 18.2 Å². The number of ether oxygens (including phenoxy) is 1. The van der Waals surface area contributed by atoms with Crippen molar-refractivity contribution in [2.75, 3.05) is 7.11 Å². The average molecular weight is 245 g/mol. The molecule has 18 heavy (non-hydrogen) atoms. The largest absolute Gasteiger partial charge is 0.497 e. The van der Waals surface area contributed by atoms with E-state index in [1.54, 1.807) is 7.11 Å². The second-order valence-corrected chi connectivity index (χ2v) is 5.06. The van der Waals surface area contributed by atoms with Crippen LogP contribution in [0.15, 0.2) is 18.2 Å². The molecule has 0 bridgehead atoms. The lowest BCUT2D eigenvalue weighted by Crippen LogP contribution is -2.31. The lowest BCUT2D eigenvalue weighted by molar-refractivity contribution is 0.375. The highest BCUT2D eigenvalue weighted by atomic mass is 16.5. The summed E-state index contributed by atoms with van der Waals surface area (Å²) in [5.74, 6) is 2.26. The van der Waals surface area contributed by atoms with Gasteiger partial charge in [0.2, 0.25) is 0 Å². The number of hydrogen-bond donors (Lipinski definition) is 2. The Morgan fingerprint density at radius 2 is 2.17 bits per heavy atom. The molecular formula is C14H19N3O. The van der Waals surface area contributed by atoms with Crippen molar-refractivity contribution in [2.45, 2.75) is 37.6 Å². The lowest BCUT2D eigenvalue weighted by Gasteiger charge is -2.26. The number of rotatable bonds is 2. The summed E-state index contributed by atoms with van der Waals surface area (Å²) in [5.41, 5.74) is 8.22. The Morgan fingerprint density at radius 3 is 2.94 bits per heavy atom. The zero-order chi connectivity index (χ0) is 12.5. The molecule has 4 nitrogen and oxygen atoms in total. The van der Waals surface area contributed by atoms with Gasteiger partial charge in [0.05, 0.1) is 18.1 Å². The molecule has 1 aromatic heterocycles. The third-order valence-electron chi connectivity index (χ3n) is 3.88. The number of H-pyrrole nitrogens is 1. The number of nitrogens with two attached hydrogens (primary N) is 1. The molecule has 0 radical (unpaired) electrons. The number of nitrogens with zero attached hydrogens (tertiary/aromatic N) is 1. The molecule has 0 saturated heterocycles. The van der Waals surface area contributed by atoms with E-state index in [0.717, 1.165) is 35.4 Å². The van der Waals surface area contributed by atoms with Crippen molar-refractivity contribution in [2.24, 2.45) is 5.73 Å². The fourth-order valence-electron chi connectivity index (χ4n) is 2.81. The van der Waals surface area contributed by atoms with Crippen molar-refractivity contribution in [3.63, 3.8) is 0 Å². The first-order chi connectivity index (χ1) is 8.78. The summed E-state index contributed by atoms with van der Waals surface area (Å²) < 4.78 is 5.23. The van der Waals surface area contributed by atoms with Gasteiger partial charge in [0.15, 0.2) is 0 Å². The Bertz CT molecular complexity index is 549. The van der Waals surface area contributed by atoms with E-state index < -0.39 is 0 Å². The molecule has 3 N–H and O–H groups in total. The first-order valence-corrected chi connectivity index (χ1v) is 6.57. The van der Waals surface area contributed by atoms with Crippen LogP contribution in [0.5, 0.6) is 5.75 Å². The highest BCUT2D eigenvalue weighted by Gasteiger charge is 2.25. The number of imidazole rings is 1. The standard InChI is InChI=1S/C14H19N3O/c1-18-9-6-7-12-13(8-9)17-14(16-12)10-4-2-3-5-11(10)15/h6-8,10-11H,2-5,15H2,1H3,(H,16,17). The monoisotopic (exact) mass is 245 g/mol. The Morgan fingerprint density at radius 1 is 1.33 bits per heavy atom. The van der Waals surface area contributed by atoms with Crippen LogP contribution < -0.4 is 10.5 Å². The van der Waals surface area contributed by atoms with E-state index in [-0.39, 0.29) is 6.04 Å². The molecule has 1 fully saturated rings. The maximum absolute atomic E-state index is 6.20. The molecule has 2 atom stereocenters. The van der Waals surface area contributed by atoms with Gasteiger partial charge in [-0.1, -0.05) is 12.8 Å². The molecular weight excluding hydrogens is 226 g/mol. The molecule has 2 unspecified atom stereocenters. The molecule has 0 amide bonds. The van der Waals surface area contributed by atoms with Crippen LogP contribution in [0.1, 0.15) is 37.4 Å². The summed E-state index contributed by atoms with van der Waals surface area (Å²) in [4.78, 5) is 8.07. The summed E-state index contributed by atoms with van der Waals surface area (Å²) >= 11 is 0. The van der Waals surface area contributed by atoms with Gasteiger partial charge < -0.3 is 15.5 Å². The number of aromatic nitrogens is 2. The molecule has 3 rings (SSSR count). The van der Waals surface area contributed by atoms with Crippen molar-refractivity contribution in [1.82, 2.24) is 9.97 Å². The van der Waals surface area contributed by atoms with Gasteiger partial charge in [-0.05, 0) is 25.0 Å². The topological polar surface area (TPSA) is 63.9 Å². The van der Waals surface area contributed by atoms with Crippen LogP contribution >= 0.6 is 0 Å². The molecule has 1 aliphatic carbocycles. The van der Waals surface area contributed by atoms with Crippen molar-refractivity contribution in [3.05, 3.63) is 24.0 Å². The van der Waals surface area contributed by atoms with Crippen molar-refractivity contribution in [1.29, 1.82) is 0 Å². The summed E-state index contributed by atoms with van der Waals surface area (Å²) in [6.45, 7) is 0. The number of fused-ring (bicyclic) bond motifs is 1. The number of hydrogen-bond acceptors (Lipinski definition) is 3. The minimum atomic E-state index is 0.237. The zero-order valence-electron chi connectivity index (χ0n) is 10.6. The van der Waals surface area contributed by atoms with E-state index in [0.29, 0.717) is 5.92 Å². The Hall–Kier alpha value is -1.55. The first kappa shape index (κ1) is 11.5. The van der Waals surface area contributed by atoms with Crippen molar-refractivity contribution < 1.29 is 4.74 Å². The predicted octanol–water partition coefficient (Wildman–Crippen LogP) is 2.56. The second kappa shape index (κ2) is 4.61. The number of methoxy groups -OCH3 is 1. The lowest BCUT2D eigenvalue weighted by atomic mass is 9.84. The van der Waals surface area contributed by atoms with Crippen LogP contribution in [0.25, 0.3) is 11.0 Å². The fourth-order valence-corrected chi connectivity index (χ4v) is 2.81. The molecule has 1 heterocycles.